The molecule has 0 spiro atoms. The van der Waals surface area contributed by atoms with Gasteiger partial charge in [0.2, 0.25) is 0 Å². The van der Waals surface area contributed by atoms with Crippen LogP contribution in [0, 0.1) is 11.8 Å². The standard InChI is InChI=1S/C63H59N5/c1-2-16-40(17-3-1)49-27-10-11-29-52(49)62-64-61(65-63(66-62)53-30-15-23-41-18-8-9-26-50(41)53)46-24-14-25-47(34-46)67-58-33-32-48(39-56(58)55-36-43-20-5-7-22-45(43)38-60(55)67)68-57-31-13-12-28-51(57)54-35-42-19-4-6-21-44(42)37-59(54)68/h1-3,5-8,10,12-18,21-25,27-28,30-31,34-35,37-39,43,51,55,57,61-66H,4,9,11,19-20,26,29,32-33,36H2. The lowest BCUT2D eigenvalue weighted by Gasteiger charge is -2.42. The summed E-state index contributed by atoms with van der Waals surface area (Å²) in [7, 11) is 0. The molecule has 3 N–H and O–H groups in total. The quantitative estimate of drug-likeness (QED) is 0.180. The molecule has 7 unspecified atom stereocenters. The van der Waals surface area contributed by atoms with Crippen LogP contribution in [0.5, 0.6) is 0 Å². The number of rotatable bonds is 6. The van der Waals surface area contributed by atoms with Gasteiger partial charge in [-0.15, -0.1) is 0 Å². The van der Waals surface area contributed by atoms with Gasteiger partial charge in [0.15, 0.2) is 0 Å². The zero-order valence-corrected chi connectivity index (χ0v) is 38.8. The number of aryl methyl sites for hydroxylation is 1. The number of nitrogens with zero attached hydrogens (tertiary/aromatic N) is 2. The first-order chi connectivity index (χ1) is 33.7. The highest BCUT2D eigenvalue weighted by Gasteiger charge is 2.45. The molecule has 0 saturated carbocycles. The van der Waals surface area contributed by atoms with Gasteiger partial charge in [0.1, 0.15) is 0 Å². The van der Waals surface area contributed by atoms with Crippen molar-refractivity contribution in [3.8, 4) is 0 Å². The predicted molar refractivity (Wildman–Crippen MR) is 280 cm³/mol. The SMILES string of the molecule is C1=CCC2CC3C(=CC2=C1)N(c1cccc(C2NC(C4=C(c5ccccc5)C=CCC4)NC(c4cccc5c4CCC=C5)N2)c1)C1=C3C=C(N2c3cc4c(cc3C3C=CC=CC32)CCC=C4)CC1. The van der Waals surface area contributed by atoms with Crippen molar-refractivity contribution < 1.29 is 0 Å². The lowest BCUT2D eigenvalue weighted by molar-refractivity contribution is 0.219. The number of benzene rings is 4. The zero-order chi connectivity index (χ0) is 44.7. The van der Waals surface area contributed by atoms with Gasteiger partial charge in [-0.2, -0.15) is 0 Å². The monoisotopic (exact) mass is 885 g/mol. The van der Waals surface area contributed by atoms with Gasteiger partial charge >= 0.3 is 0 Å². The lowest BCUT2D eigenvalue weighted by Crippen LogP contribution is -2.60. The summed E-state index contributed by atoms with van der Waals surface area (Å²) in [4.78, 5) is 5.42. The highest BCUT2D eigenvalue weighted by Crippen LogP contribution is 2.55. The fraction of sp³-hybridized carbons (Fsp3) is 0.270. The number of anilines is 2. The van der Waals surface area contributed by atoms with Crippen LogP contribution in [0.25, 0.3) is 17.7 Å². The number of allylic oxidation sites excluding steroid dienone is 16. The molecule has 7 atom stereocenters. The minimum Gasteiger partial charge on any atom is -0.337 e. The molecule has 5 heteroatoms. The molecule has 14 rings (SSSR count). The second kappa shape index (κ2) is 16.6. The van der Waals surface area contributed by atoms with Crippen LogP contribution in [0.1, 0.15) is 114 Å². The molecule has 0 aromatic heterocycles. The zero-order valence-electron chi connectivity index (χ0n) is 38.8. The average Bonchev–Trinajstić information content (AvgIpc) is 3.90. The number of fused-ring (bicyclic) bond motifs is 8. The Kier molecular flexibility index (Phi) is 9.92. The van der Waals surface area contributed by atoms with Crippen LogP contribution in [-0.2, 0) is 12.8 Å². The summed E-state index contributed by atoms with van der Waals surface area (Å²) < 4.78 is 0. The molecule has 4 aromatic carbocycles. The molecular formula is C63H59N5. The van der Waals surface area contributed by atoms with Crippen LogP contribution >= 0.6 is 0 Å². The molecule has 336 valence electrons. The van der Waals surface area contributed by atoms with Crippen molar-refractivity contribution in [3.05, 3.63) is 242 Å². The molecule has 3 aliphatic heterocycles. The van der Waals surface area contributed by atoms with Crippen molar-refractivity contribution in [2.75, 3.05) is 9.80 Å². The van der Waals surface area contributed by atoms with E-state index in [2.05, 4.69) is 202 Å². The summed E-state index contributed by atoms with van der Waals surface area (Å²) in [6.45, 7) is 0. The maximum atomic E-state index is 4.15. The summed E-state index contributed by atoms with van der Waals surface area (Å²) in [5, 5.41) is 12.4. The molecule has 5 nitrogen and oxygen atoms in total. The van der Waals surface area contributed by atoms with Crippen LogP contribution in [0.3, 0.4) is 0 Å². The number of hydrogen-bond acceptors (Lipinski definition) is 5. The first-order valence-electron chi connectivity index (χ1n) is 25.6. The first-order valence-corrected chi connectivity index (χ1v) is 25.6. The minimum absolute atomic E-state index is 0.0203. The molecule has 0 bridgehead atoms. The molecule has 68 heavy (non-hydrogen) atoms. The van der Waals surface area contributed by atoms with Crippen molar-refractivity contribution in [1.29, 1.82) is 0 Å². The third kappa shape index (κ3) is 6.76. The maximum Gasteiger partial charge on any atom is 0.0867 e. The molecule has 3 heterocycles. The molecule has 0 radical (unpaired) electrons. The van der Waals surface area contributed by atoms with Crippen molar-refractivity contribution in [3.63, 3.8) is 0 Å². The van der Waals surface area contributed by atoms with Gasteiger partial charge in [-0.05, 0) is 167 Å². The highest BCUT2D eigenvalue weighted by molar-refractivity contribution is 5.79. The Bertz CT molecular complexity index is 3110. The lowest BCUT2D eigenvalue weighted by atomic mass is 9.75. The minimum atomic E-state index is -0.0846. The summed E-state index contributed by atoms with van der Waals surface area (Å²) in [5.41, 5.74) is 23.9. The van der Waals surface area contributed by atoms with Crippen LogP contribution in [-0.4, -0.2) is 12.2 Å². The highest BCUT2D eigenvalue weighted by atomic mass is 15.4. The molecule has 1 fully saturated rings. The van der Waals surface area contributed by atoms with Crippen molar-refractivity contribution >= 4 is 29.1 Å². The van der Waals surface area contributed by atoms with E-state index < -0.39 is 0 Å². The van der Waals surface area contributed by atoms with E-state index in [1.165, 1.54) is 95.3 Å². The molecule has 7 aliphatic carbocycles. The summed E-state index contributed by atoms with van der Waals surface area (Å²) in [6, 6.07) is 32.7. The molecule has 4 aromatic rings. The van der Waals surface area contributed by atoms with Gasteiger partial charge < -0.3 is 9.80 Å². The largest absolute Gasteiger partial charge is 0.337 e. The number of nitrogens with one attached hydrogen (secondary N) is 3. The van der Waals surface area contributed by atoms with E-state index in [-0.39, 0.29) is 18.5 Å². The van der Waals surface area contributed by atoms with Crippen molar-refractivity contribution in [1.82, 2.24) is 16.0 Å². The topological polar surface area (TPSA) is 42.6 Å². The van der Waals surface area contributed by atoms with Crippen LogP contribution in [0.4, 0.5) is 11.4 Å². The van der Waals surface area contributed by atoms with E-state index >= 15 is 0 Å². The van der Waals surface area contributed by atoms with E-state index in [1.54, 1.807) is 0 Å². The van der Waals surface area contributed by atoms with Crippen LogP contribution < -0.4 is 25.8 Å². The van der Waals surface area contributed by atoms with E-state index in [4.69, 9.17) is 0 Å². The van der Waals surface area contributed by atoms with E-state index in [9.17, 15) is 0 Å². The molecule has 10 aliphatic rings. The smallest absolute Gasteiger partial charge is 0.0867 e. The van der Waals surface area contributed by atoms with Crippen molar-refractivity contribution in [2.45, 2.75) is 94.7 Å². The predicted octanol–water partition coefficient (Wildman–Crippen LogP) is 13.5. The molecule has 1 saturated heterocycles. The Hall–Kier alpha value is -6.50. The third-order valence-electron chi connectivity index (χ3n) is 16.7. The van der Waals surface area contributed by atoms with Gasteiger partial charge in [-0.25, -0.2) is 0 Å². The van der Waals surface area contributed by atoms with Gasteiger partial charge in [0, 0.05) is 40.3 Å². The van der Waals surface area contributed by atoms with E-state index in [0.29, 0.717) is 23.8 Å². The Morgan fingerprint density at radius 2 is 1.46 bits per heavy atom. The second-order valence-electron chi connectivity index (χ2n) is 20.5. The van der Waals surface area contributed by atoms with Gasteiger partial charge in [0.05, 0.1) is 24.5 Å². The van der Waals surface area contributed by atoms with Gasteiger partial charge in [0.25, 0.3) is 0 Å². The van der Waals surface area contributed by atoms with Crippen LogP contribution in [0.15, 0.2) is 198 Å². The average molecular weight is 886 g/mol. The third-order valence-corrected chi connectivity index (χ3v) is 16.7. The van der Waals surface area contributed by atoms with Gasteiger partial charge in [-0.3, -0.25) is 16.0 Å². The first kappa shape index (κ1) is 40.6. The summed E-state index contributed by atoms with van der Waals surface area (Å²) in [5.74, 6) is 1.29. The van der Waals surface area contributed by atoms with E-state index in [1.807, 2.05) is 0 Å². The van der Waals surface area contributed by atoms with E-state index in [0.717, 1.165) is 64.2 Å². The number of hydrogen-bond donors (Lipinski definition) is 3. The fourth-order valence-electron chi connectivity index (χ4n) is 13.5. The van der Waals surface area contributed by atoms with Crippen LogP contribution in [0.2, 0.25) is 0 Å². The fourth-order valence-corrected chi connectivity index (χ4v) is 13.5. The normalized spacial score (nSPS) is 28.3. The summed E-state index contributed by atoms with van der Waals surface area (Å²) in [6.07, 6.45) is 46.4. The molecule has 0 amide bonds. The second-order valence-corrected chi connectivity index (χ2v) is 20.5. The Balaban J connectivity index is 0.863. The Labute approximate surface area is 401 Å². The Morgan fingerprint density at radius 3 is 2.41 bits per heavy atom. The maximum absolute atomic E-state index is 4.15. The van der Waals surface area contributed by atoms with Crippen molar-refractivity contribution in [2.24, 2.45) is 11.8 Å². The van der Waals surface area contributed by atoms with Gasteiger partial charge in [-0.1, -0.05) is 146 Å². The Morgan fingerprint density at radius 1 is 0.618 bits per heavy atom. The summed E-state index contributed by atoms with van der Waals surface area (Å²) >= 11 is 0. The molecular weight excluding hydrogens is 827 g/mol.